The fourth-order valence-corrected chi connectivity index (χ4v) is 2.80. The van der Waals surface area contributed by atoms with Crippen molar-refractivity contribution in [2.75, 3.05) is 0 Å². The van der Waals surface area contributed by atoms with Crippen LogP contribution in [-0.2, 0) is 0 Å². The minimum atomic E-state index is 0.366. The molecule has 1 fully saturated rings. The molecule has 0 aromatic rings. The van der Waals surface area contributed by atoms with Gasteiger partial charge in [0.05, 0.1) is 0 Å². The molecule has 2 rings (SSSR count). The van der Waals surface area contributed by atoms with Crippen molar-refractivity contribution in [1.82, 2.24) is 0 Å². The molecule has 1 atom stereocenters. The lowest BCUT2D eigenvalue weighted by Crippen LogP contribution is -2.23. The zero-order valence-corrected chi connectivity index (χ0v) is 8.47. The number of hydrogen-bond donors (Lipinski definition) is 1. The van der Waals surface area contributed by atoms with E-state index in [2.05, 4.69) is 6.08 Å². The highest BCUT2D eigenvalue weighted by molar-refractivity contribution is 5.14. The fraction of sp³-hybridized carbons (Fsp3) is 0.833. The molecule has 1 unspecified atom stereocenters. The molecule has 0 aliphatic heterocycles. The Morgan fingerprint density at radius 3 is 2.46 bits per heavy atom. The second-order valence-electron chi connectivity index (χ2n) is 4.63. The summed E-state index contributed by atoms with van der Waals surface area (Å²) in [7, 11) is 0. The molecule has 0 radical (unpaired) electrons. The van der Waals surface area contributed by atoms with Crippen LogP contribution in [0.15, 0.2) is 11.6 Å². The van der Waals surface area contributed by atoms with Crippen molar-refractivity contribution < 1.29 is 0 Å². The first kappa shape index (κ1) is 9.26. The molecule has 0 aromatic carbocycles. The first-order chi connectivity index (χ1) is 6.36. The monoisotopic (exact) mass is 179 g/mol. The van der Waals surface area contributed by atoms with Crippen molar-refractivity contribution in [2.24, 2.45) is 11.7 Å². The Kier molecular flexibility index (Phi) is 3.05. The molecule has 0 bridgehead atoms. The van der Waals surface area contributed by atoms with Gasteiger partial charge in [-0.1, -0.05) is 30.9 Å². The Bertz CT molecular complexity index is 189. The molecule has 13 heavy (non-hydrogen) atoms. The van der Waals surface area contributed by atoms with E-state index in [1.807, 2.05) is 0 Å². The van der Waals surface area contributed by atoms with Crippen LogP contribution in [0.2, 0.25) is 0 Å². The summed E-state index contributed by atoms with van der Waals surface area (Å²) in [6.07, 6.45) is 13.4. The Balaban J connectivity index is 1.97. The van der Waals surface area contributed by atoms with Gasteiger partial charge in [0.1, 0.15) is 0 Å². The summed E-state index contributed by atoms with van der Waals surface area (Å²) in [6.45, 7) is 0. The first-order valence-corrected chi connectivity index (χ1v) is 5.82. The number of rotatable bonds is 1. The molecule has 74 valence electrons. The molecule has 0 saturated heterocycles. The lowest BCUT2D eigenvalue weighted by atomic mass is 9.79. The molecule has 0 aromatic heterocycles. The predicted octanol–water partition coefficient (Wildman–Crippen LogP) is 3.00. The Hall–Kier alpha value is -0.300. The Morgan fingerprint density at radius 1 is 1.00 bits per heavy atom. The van der Waals surface area contributed by atoms with E-state index in [0.29, 0.717) is 6.04 Å². The number of hydrogen-bond acceptors (Lipinski definition) is 1. The van der Waals surface area contributed by atoms with Crippen LogP contribution >= 0.6 is 0 Å². The number of allylic oxidation sites excluding steroid dienone is 1. The minimum Gasteiger partial charge on any atom is -0.324 e. The smallest absolute Gasteiger partial charge is 0.0226 e. The van der Waals surface area contributed by atoms with E-state index in [1.165, 1.54) is 51.4 Å². The Labute approximate surface area is 81.4 Å². The third kappa shape index (κ3) is 2.34. The summed E-state index contributed by atoms with van der Waals surface area (Å²) in [5.74, 6) is 0.903. The van der Waals surface area contributed by atoms with Gasteiger partial charge in [0.15, 0.2) is 0 Å². The maximum absolute atomic E-state index is 5.96. The minimum absolute atomic E-state index is 0.366. The summed E-state index contributed by atoms with van der Waals surface area (Å²) in [6, 6.07) is 0.366. The highest BCUT2D eigenvalue weighted by Gasteiger charge is 2.20. The van der Waals surface area contributed by atoms with E-state index in [4.69, 9.17) is 5.73 Å². The number of nitrogens with two attached hydrogens (primary N) is 1. The van der Waals surface area contributed by atoms with Crippen molar-refractivity contribution in [3.8, 4) is 0 Å². The summed E-state index contributed by atoms with van der Waals surface area (Å²) < 4.78 is 0. The van der Waals surface area contributed by atoms with Crippen LogP contribution in [0.4, 0.5) is 0 Å². The van der Waals surface area contributed by atoms with Crippen LogP contribution in [-0.4, -0.2) is 6.04 Å². The SMILES string of the molecule is NC1C=C(C2CCCCC2)CCC1. The lowest BCUT2D eigenvalue weighted by molar-refractivity contribution is 0.384. The highest BCUT2D eigenvalue weighted by atomic mass is 14.6. The van der Waals surface area contributed by atoms with Gasteiger partial charge in [0.2, 0.25) is 0 Å². The molecule has 0 spiro atoms. The van der Waals surface area contributed by atoms with Crippen molar-refractivity contribution in [2.45, 2.75) is 57.4 Å². The quantitative estimate of drug-likeness (QED) is 0.615. The maximum Gasteiger partial charge on any atom is 0.0226 e. The van der Waals surface area contributed by atoms with Crippen molar-refractivity contribution in [3.05, 3.63) is 11.6 Å². The van der Waals surface area contributed by atoms with Gasteiger partial charge in [0, 0.05) is 6.04 Å². The van der Waals surface area contributed by atoms with Gasteiger partial charge in [-0.2, -0.15) is 0 Å². The highest BCUT2D eigenvalue weighted by Crippen LogP contribution is 2.34. The van der Waals surface area contributed by atoms with Gasteiger partial charge < -0.3 is 5.73 Å². The normalized spacial score (nSPS) is 31.5. The Morgan fingerprint density at radius 2 is 1.77 bits per heavy atom. The average Bonchev–Trinajstić information content (AvgIpc) is 2.19. The standard InChI is InChI=1S/C12H21N/c13-12-8-4-7-11(9-12)10-5-2-1-3-6-10/h9-10,12H,1-8,13H2. The molecule has 2 aliphatic rings. The van der Waals surface area contributed by atoms with E-state index in [-0.39, 0.29) is 0 Å². The van der Waals surface area contributed by atoms with Gasteiger partial charge >= 0.3 is 0 Å². The van der Waals surface area contributed by atoms with Crippen LogP contribution in [0.3, 0.4) is 0 Å². The molecule has 0 heterocycles. The molecular weight excluding hydrogens is 158 g/mol. The molecule has 1 saturated carbocycles. The van der Waals surface area contributed by atoms with Gasteiger partial charge in [-0.25, -0.2) is 0 Å². The van der Waals surface area contributed by atoms with Crippen molar-refractivity contribution in [3.63, 3.8) is 0 Å². The van der Waals surface area contributed by atoms with Crippen molar-refractivity contribution in [1.29, 1.82) is 0 Å². The van der Waals surface area contributed by atoms with E-state index in [1.54, 1.807) is 5.57 Å². The van der Waals surface area contributed by atoms with Crippen molar-refractivity contribution >= 4 is 0 Å². The third-order valence-corrected chi connectivity index (χ3v) is 3.56. The zero-order valence-electron chi connectivity index (χ0n) is 8.47. The lowest BCUT2D eigenvalue weighted by Gasteiger charge is -2.28. The van der Waals surface area contributed by atoms with Crippen LogP contribution in [0.1, 0.15) is 51.4 Å². The predicted molar refractivity (Wildman–Crippen MR) is 56.5 cm³/mol. The van der Waals surface area contributed by atoms with Gasteiger partial charge in [-0.3, -0.25) is 0 Å². The van der Waals surface area contributed by atoms with Crippen LogP contribution in [0.25, 0.3) is 0 Å². The van der Waals surface area contributed by atoms with Gasteiger partial charge in [0.25, 0.3) is 0 Å². The molecule has 2 N–H and O–H groups in total. The van der Waals surface area contributed by atoms with Gasteiger partial charge in [-0.15, -0.1) is 0 Å². The van der Waals surface area contributed by atoms with E-state index in [0.717, 1.165) is 5.92 Å². The van der Waals surface area contributed by atoms with Gasteiger partial charge in [-0.05, 0) is 38.0 Å². The summed E-state index contributed by atoms with van der Waals surface area (Å²) in [5.41, 5.74) is 7.65. The fourth-order valence-electron chi connectivity index (χ4n) is 2.80. The molecule has 1 heteroatoms. The molecular formula is C12H21N. The van der Waals surface area contributed by atoms with Crippen LogP contribution < -0.4 is 5.73 Å². The summed E-state index contributed by atoms with van der Waals surface area (Å²) in [5, 5.41) is 0. The summed E-state index contributed by atoms with van der Waals surface area (Å²) >= 11 is 0. The van der Waals surface area contributed by atoms with E-state index >= 15 is 0 Å². The maximum atomic E-state index is 5.96. The first-order valence-electron chi connectivity index (χ1n) is 5.82. The topological polar surface area (TPSA) is 26.0 Å². The molecule has 2 aliphatic carbocycles. The summed E-state index contributed by atoms with van der Waals surface area (Å²) in [4.78, 5) is 0. The zero-order chi connectivity index (χ0) is 9.10. The van der Waals surface area contributed by atoms with E-state index < -0.39 is 0 Å². The third-order valence-electron chi connectivity index (χ3n) is 3.56. The second-order valence-corrected chi connectivity index (χ2v) is 4.63. The average molecular weight is 179 g/mol. The molecule has 1 nitrogen and oxygen atoms in total. The van der Waals surface area contributed by atoms with Crippen LogP contribution in [0.5, 0.6) is 0 Å². The second kappa shape index (κ2) is 4.28. The van der Waals surface area contributed by atoms with Crippen LogP contribution in [0, 0.1) is 5.92 Å². The largest absolute Gasteiger partial charge is 0.324 e. The molecule has 0 amide bonds. The van der Waals surface area contributed by atoms with E-state index in [9.17, 15) is 0 Å².